The summed E-state index contributed by atoms with van der Waals surface area (Å²) in [5, 5.41) is 27.0. The molecule has 0 aliphatic carbocycles. The van der Waals surface area contributed by atoms with Crippen molar-refractivity contribution in [2.45, 2.75) is 0 Å². The van der Waals surface area contributed by atoms with Gasteiger partial charge in [-0.15, -0.1) is 11.3 Å². The van der Waals surface area contributed by atoms with Gasteiger partial charge < -0.3 is 5.73 Å². The second-order valence-corrected chi connectivity index (χ2v) is 8.77. The zero-order chi connectivity index (χ0) is 23.7. The van der Waals surface area contributed by atoms with E-state index in [1.54, 1.807) is 4.68 Å². The summed E-state index contributed by atoms with van der Waals surface area (Å²) in [4.78, 5) is 0.877. The minimum Gasteiger partial charge on any atom is -0.397 e. The van der Waals surface area contributed by atoms with Crippen LogP contribution in [0.4, 0.5) is 5.69 Å². The second-order valence-electron chi connectivity index (χ2n) is 7.46. The van der Waals surface area contributed by atoms with Gasteiger partial charge >= 0.3 is 0 Å². The van der Waals surface area contributed by atoms with Crippen LogP contribution < -0.4 is 5.73 Å². The maximum Gasteiger partial charge on any atom is 0.141 e. The molecule has 0 atom stereocenters. The standard InChI is InChI=1S/C27H16ClN5S/c28-27-24(20-14-19(23-12-7-13-34-23)21(15-29)25(31)22(20)16-30)26(17-8-3-1-4-9-17)32-33(27)18-10-5-2-6-11-18/h1-14H,31H2. The molecule has 0 unspecified atom stereocenters. The highest BCUT2D eigenvalue weighted by molar-refractivity contribution is 7.13. The lowest BCUT2D eigenvalue weighted by atomic mass is 9.91. The fraction of sp³-hybridized carbons (Fsp3) is 0. The van der Waals surface area contributed by atoms with Crippen molar-refractivity contribution >= 4 is 28.6 Å². The topological polar surface area (TPSA) is 91.4 Å². The quantitative estimate of drug-likeness (QED) is 0.284. The Hall–Kier alpha value is -4.36. The third kappa shape index (κ3) is 3.52. The predicted molar refractivity (Wildman–Crippen MR) is 137 cm³/mol. The van der Waals surface area contributed by atoms with E-state index in [0.29, 0.717) is 27.5 Å². The van der Waals surface area contributed by atoms with Gasteiger partial charge in [-0.05, 0) is 29.6 Å². The van der Waals surface area contributed by atoms with Crippen molar-refractivity contribution in [1.82, 2.24) is 9.78 Å². The number of benzene rings is 3. The van der Waals surface area contributed by atoms with E-state index in [1.807, 2.05) is 84.2 Å². The van der Waals surface area contributed by atoms with Crippen molar-refractivity contribution in [3.05, 3.63) is 101 Å². The lowest BCUT2D eigenvalue weighted by molar-refractivity contribution is 0.885. The molecule has 3 aromatic carbocycles. The predicted octanol–water partition coefficient (Wildman–Crippen LogP) is 6.91. The third-order valence-electron chi connectivity index (χ3n) is 5.52. The van der Waals surface area contributed by atoms with Gasteiger partial charge in [0.15, 0.2) is 0 Å². The fourth-order valence-electron chi connectivity index (χ4n) is 3.94. The SMILES string of the molecule is N#Cc1c(-c2cccs2)cc(-c2c(-c3ccccc3)nn(-c3ccccc3)c2Cl)c(C#N)c1N. The fourth-order valence-corrected chi connectivity index (χ4v) is 5.02. The van der Waals surface area contributed by atoms with Crippen LogP contribution in [0.2, 0.25) is 5.15 Å². The van der Waals surface area contributed by atoms with Crippen LogP contribution in [-0.4, -0.2) is 9.78 Å². The van der Waals surface area contributed by atoms with Crippen LogP contribution in [0.3, 0.4) is 0 Å². The molecule has 162 valence electrons. The van der Waals surface area contributed by atoms with E-state index in [9.17, 15) is 10.5 Å². The van der Waals surface area contributed by atoms with E-state index in [2.05, 4.69) is 12.1 Å². The van der Waals surface area contributed by atoms with Crippen LogP contribution in [-0.2, 0) is 0 Å². The molecule has 5 nitrogen and oxygen atoms in total. The first kappa shape index (κ1) is 21.5. The smallest absolute Gasteiger partial charge is 0.141 e. The Bertz CT molecular complexity index is 1570. The lowest BCUT2D eigenvalue weighted by Crippen LogP contribution is -2.01. The third-order valence-corrected chi connectivity index (χ3v) is 6.77. The van der Waals surface area contributed by atoms with Gasteiger partial charge in [0.25, 0.3) is 0 Å². The van der Waals surface area contributed by atoms with Crippen molar-refractivity contribution in [1.29, 1.82) is 10.5 Å². The zero-order valence-corrected chi connectivity index (χ0v) is 19.3. The molecule has 0 saturated carbocycles. The number of anilines is 1. The van der Waals surface area contributed by atoms with Gasteiger partial charge in [0.05, 0.1) is 22.5 Å². The van der Waals surface area contributed by atoms with E-state index < -0.39 is 0 Å². The summed E-state index contributed by atoms with van der Waals surface area (Å²) < 4.78 is 1.65. The number of para-hydroxylation sites is 1. The van der Waals surface area contributed by atoms with E-state index in [4.69, 9.17) is 22.4 Å². The summed E-state index contributed by atoms with van der Waals surface area (Å²) in [7, 11) is 0. The first-order chi connectivity index (χ1) is 16.6. The van der Waals surface area contributed by atoms with Gasteiger partial charge in [0.1, 0.15) is 23.0 Å². The first-order valence-electron chi connectivity index (χ1n) is 10.3. The molecule has 0 aliphatic heterocycles. The maximum absolute atomic E-state index is 10.1. The maximum atomic E-state index is 10.1. The number of hydrogen-bond donors (Lipinski definition) is 1. The number of nitrogens with two attached hydrogens (primary N) is 1. The average molecular weight is 478 g/mol. The van der Waals surface area contributed by atoms with Gasteiger partial charge in [0, 0.05) is 27.1 Å². The Labute approximate surface area is 205 Å². The van der Waals surface area contributed by atoms with Crippen molar-refractivity contribution in [2.24, 2.45) is 0 Å². The molecule has 2 aromatic heterocycles. The number of hydrogen-bond acceptors (Lipinski definition) is 5. The van der Waals surface area contributed by atoms with Crippen molar-refractivity contribution in [3.8, 4) is 50.7 Å². The Morgan fingerprint density at radius 1 is 0.853 bits per heavy atom. The molecule has 0 bridgehead atoms. The molecule has 0 aliphatic rings. The van der Waals surface area contributed by atoms with Crippen molar-refractivity contribution in [2.75, 3.05) is 5.73 Å². The van der Waals surface area contributed by atoms with E-state index >= 15 is 0 Å². The lowest BCUT2D eigenvalue weighted by Gasteiger charge is -2.13. The number of nitriles is 2. The molecular weight excluding hydrogens is 462 g/mol. The van der Waals surface area contributed by atoms with E-state index in [0.717, 1.165) is 16.1 Å². The molecule has 5 rings (SSSR count). The average Bonchev–Trinajstić information content (AvgIpc) is 3.53. The van der Waals surface area contributed by atoms with Crippen LogP contribution in [0.1, 0.15) is 11.1 Å². The van der Waals surface area contributed by atoms with Gasteiger partial charge in [0.2, 0.25) is 0 Å². The molecule has 0 saturated heterocycles. The highest BCUT2D eigenvalue weighted by atomic mass is 35.5. The summed E-state index contributed by atoms with van der Waals surface area (Å²) in [5.74, 6) is 0. The van der Waals surface area contributed by atoms with Crippen LogP contribution in [0.15, 0.2) is 84.2 Å². The molecule has 0 spiro atoms. The molecule has 0 radical (unpaired) electrons. The highest BCUT2D eigenvalue weighted by Crippen LogP contribution is 2.45. The molecule has 2 N–H and O–H groups in total. The van der Waals surface area contributed by atoms with Gasteiger partial charge in [-0.2, -0.15) is 15.6 Å². The number of nitrogens with zero attached hydrogens (tertiary/aromatic N) is 4. The van der Waals surface area contributed by atoms with Crippen LogP contribution >= 0.6 is 22.9 Å². The summed E-state index contributed by atoms with van der Waals surface area (Å²) in [6.07, 6.45) is 0. The Morgan fingerprint density at radius 2 is 1.50 bits per heavy atom. The molecule has 7 heteroatoms. The van der Waals surface area contributed by atoms with Crippen LogP contribution in [0.25, 0.3) is 38.5 Å². The van der Waals surface area contributed by atoms with Crippen LogP contribution in [0.5, 0.6) is 0 Å². The number of halogens is 1. The second kappa shape index (κ2) is 8.88. The van der Waals surface area contributed by atoms with Crippen molar-refractivity contribution < 1.29 is 0 Å². The first-order valence-corrected chi connectivity index (χ1v) is 11.6. The van der Waals surface area contributed by atoms with Gasteiger partial charge in [-0.3, -0.25) is 0 Å². The molecular formula is C27H16ClN5S. The van der Waals surface area contributed by atoms with E-state index in [-0.39, 0.29) is 16.8 Å². The number of nitrogen functional groups attached to an aromatic ring is 1. The molecule has 0 amide bonds. The summed E-state index contributed by atoms with van der Waals surface area (Å²) in [5.41, 5.74) is 11.0. The number of thiophene rings is 1. The molecule has 34 heavy (non-hydrogen) atoms. The van der Waals surface area contributed by atoms with Gasteiger partial charge in [-0.25, -0.2) is 4.68 Å². The molecule has 0 fully saturated rings. The summed E-state index contributed by atoms with van der Waals surface area (Å²) in [6, 6.07) is 29.2. The summed E-state index contributed by atoms with van der Waals surface area (Å²) in [6.45, 7) is 0. The zero-order valence-electron chi connectivity index (χ0n) is 17.7. The number of rotatable bonds is 4. The number of aromatic nitrogens is 2. The Kier molecular flexibility index (Phi) is 5.61. The summed E-state index contributed by atoms with van der Waals surface area (Å²) >= 11 is 8.46. The molecule has 5 aromatic rings. The van der Waals surface area contributed by atoms with Crippen molar-refractivity contribution in [3.63, 3.8) is 0 Å². The minimum atomic E-state index is 0.133. The minimum absolute atomic E-state index is 0.133. The monoisotopic (exact) mass is 477 g/mol. The van der Waals surface area contributed by atoms with Crippen LogP contribution in [0, 0.1) is 22.7 Å². The normalized spacial score (nSPS) is 10.6. The molecule has 2 heterocycles. The van der Waals surface area contributed by atoms with Gasteiger partial charge in [-0.1, -0.05) is 66.2 Å². The largest absolute Gasteiger partial charge is 0.397 e. The Balaban J connectivity index is 1.88. The highest BCUT2D eigenvalue weighted by Gasteiger charge is 2.26. The Morgan fingerprint density at radius 3 is 2.12 bits per heavy atom. The van der Waals surface area contributed by atoms with E-state index in [1.165, 1.54) is 11.3 Å².